The van der Waals surface area contributed by atoms with Crippen LogP contribution in [-0.4, -0.2) is 49.2 Å². The molecule has 6 rings (SSSR count). The van der Waals surface area contributed by atoms with Crippen molar-refractivity contribution in [1.82, 2.24) is 0 Å². The predicted molar refractivity (Wildman–Crippen MR) is 244 cm³/mol. The lowest BCUT2D eigenvalue weighted by Gasteiger charge is -2.44. The van der Waals surface area contributed by atoms with Crippen LogP contribution in [0.3, 0.4) is 0 Å². The summed E-state index contributed by atoms with van der Waals surface area (Å²) in [5, 5.41) is 4.89. The number of carbonyl (C=O) groups excluding carboxylic acids is 1. The van der Waals surface area contributed by atoms with Crippen LogP contribution in [-0.2, 0) is 8.85 Å². The first kappa shape index (κ1) is 41.0. The fourth-order valence-corrected chi connectivity index (χ4v) is 17.8. The molecule has 0 aliphatic carbocycles. The molecule has 5 aromatic carbocycles. The van der Waals surface area contributed by atoms with Gasteiger partial charge in [-0.25, -0.2) is 0 Å². The van der Waals surface area contributed by atoms with Gasteiger partial charge in [0.1, 0.15) is 0 Å². The standard InChI is InChI=1S/C49H55NO3SSi2/c1-48(2,3)55(44-19-11-7-12-20-44,45-21-13-8-14-22-45)52-37-35-50(41-30-27-40(28-31-41)29-32-42-33-34-43(39-51)54-42)36-38-53-56(49(4,5)6,46-23-15-9-16-24-46)47-25-17-10-18-26-47/h7-34,39H,35-38H2,1-6H3. The first-order valence-electron chi connectivity index (χ1n) is 19.6. The van der Waals surface area contributed by atoms with Gasteiger partial charge < -0.3 is 13.8 Å². The molecule has 1 aromatic heterocycles. The van der Waals surface area contributed by atoms with Gasteiger partial charge >= 0.3 is 0 Å². The van der Waals surface area contributed by atoms with Gasteiger partial charge in [-0.3, -0.25) is 4.79 Å². The SMILES string of the molecule is CC(C)(C)[Si](OCCN(CCO[Si](c1ccccc1)(c1ccccc1)C(C)(C)C)c1ccc(C=Cc2ccc(C=O)s2)cc1)(c1ccccc1)c1ccccc1. The molecule has 288 valence electrons. The van der Waals surface area contributed by atoms with Crippen LogP contribution >= 0.6 is 11.3 Å². The fourth-order valence-electron chi connectivity index (χ4n) is 8.01. The van der Waals surface area contributed by atoms with Gasteiger partial charge in [0.15, 0.2) is 6.29 Å². The third-order valence-corrected chi connectivity index (χ3v) is 21.7. The lowest BCUT2D eigenvalue weighted by molar-refractivity contribution is 0.112. The maximum absolute atomic E-state index is 11.2. The summed E-state index contributed by atoms with van der Waals surface area (Å²) in [4.78, 5) is 15.4. The van der Waals surface area contributed by atoms with Crippen LogP contribution in [0, 0.1) is 0 Å². The summed E-state index contributed by atoms with van der Waals surface area (Å²) in [6.07, 6.45) is 5.08. The number of hydrogen-bond donors (Lipinski definition) is 0. The van der Waals surface area contributed by atoms with Gasteiger partial charge in [-0.1, -0.05) is 181 Å². The molecule has 0 saturated carbocycles. The quantitative estimate of drug-likeness (QED) is 0.0723. The van der Waals surface area contributed by atoms with E-state index in [1.165, 1.54) is 32.1 Å². The summed E-state index contributed by atoms with van der Waals surface area (Å²) < 4.78 is 14.8. The molecular weight excluding hydrogens is 739 g/mol. The van der Waals surface area contributed by atoms with Gasteiger partial charge in [0.05, 0.1) is 18.1 Å². The number of aldehydes is 1. The van der Waals surface area contributed by atoms with Crippen molar-refractivity contribution in [3.63, 3.8) is 0 Å². The minimum atomic E-state index is -2.73. The number of anilines is 1. The molecule has 0 atom stereocenters. The monoisotopic (exact) mass is 793 g/mol. The van der Waals surface area contributed by atoms with Crippen LogP contribution in [0.2, 0.25) is 10.1 Å². The van der Waals surface area contributed by atoms with E-state index in [0.29, 0.717) is 26.3 Å². The van der Waals surface area contributed by atoms with E-state index in [1.54, 1.807) is 0 Å². The highest BCUT2D eigenvalue weighted by molar-refractivity contribution is 7.14. The summed E-state index contributed by atoms with van der Waals surface area (Å²) in [5.74, 6) is 0. The second-order valence-electron chi connectivity index (χ2n) is 16.3. The molecule has 0 amide bonds. The summed E-state index contributed by atoms with van der Waals surface area (Å²) in [7, 11) is -5.45. The minimum absolute atomic E-state index is 0.115. The van der Waals surface area contributed by atoms with Gasteiger partial charge in [-0.2, -0.15) is 0 Å². The summed E-state index contributed by atoms with van der Waals surface area (Å²) in [6.45, 7) is 16.5. The smallest absolute Gasteiger partial charge is 0.261 e. The van der Waals surface area contributed by atoms with Gasteiger partial charge in [-0.15, -0.1) is 11.3 Å². The number of rotatable bonds is 16. The third kappa shape index (κ3) is 8.98. The fraction of sp³-hybridized carbons (Fsp3) is 0.245. The lowest BCUT2D eigenvalue weighted by atomic mass is 10.1. The van der Waals surface area contributed by atoms with Crippen LogP contribution in [0.5, 0.6) is 0 Å². The van der Waals surface area contributed by atoms with E-state index >= 15 is 0 Å². The zero-order valence-electron chi connectivity index (χ0n) is 33.7. The Bertz CT molecular complexity index is 1950. The van der Waals surface area contributed by atoms with Crippen LogP contribution in [0.1, 0.15) is 61.7 Å². The summed E-state index contributed by atoms with van der Waals surface area (Å²) in [6, 6.07) is 56.1. The van der Waals surface area contributed by atoms with Crippen molar-refractivity contribution in [1.29, 1.82) is 0 Å². The van der Waals surface area contributed by atoms with Gasteiger partial charge in [0.2, 0.25) is 0 Å². The van der Waals surface area contributed by atoms with Crippen molar-refractivity contribution >= 4 is 72.8 Å². The second-order valence-corrected chi connectivity index (χ2v) is 26.1. The Morgan fingerprint density at radius 2 is 0.875 bits per heavy atom. The summed E-state index contributed by atoms with van der Waals surface area (Å²) >= 11 is 1.49. The number of nitrogens with zero attached hydrogens (tertiary/aromatic N) is 1. The van der Waals surface area contributed by atoms with E-state index < -0.39 is 16.6 Å². The van der Waals surface area contributed by atoms with E-state index in [0.717, 1.165) is 27.3 Å². The maximum atomic E-state index is 11.2. The van der Waals surface area contributed by atoms with Crippen molar-refractivity contribution in [3.05, 3.63) is 173 Å². The maximum Gasteiger partial charge on any atom is 0.261 e. The van der Waals surface area contributed by atoms with E-state index in [4.69, 9.17) is 8.85 Å². The zero-order valence-corrected chi connectivity index (χ0v) is 36.5. The molecule has 0 saturated heterocycles. The number of benzene rings is 5. The zero-order chi connectivity index (χ0) is 39.7. The highest BCUT2D eigenvalue weighted by Crippen LogP contribution is 2.38. The average Bonchev–Trinajstić information content (AvgIpc) is 3.68. The Balaban J connectivity index is 1.32. The normalized spacial score (nSPS) is 12.5. The van der Waals surface area contributed by atoms with Crippen molar-refractivity contribution in [2.45, 2.75) is 51.6 Å². The Hall–Kier alpha value is -4.64. The predicted octanol–water partition coefficient (Wildman–Crippen LogP) is 9.69. The highest BCUT2D eigenvalue weighted by Gasteiger charge is 2.51. The molecule has 0 spiro atoms. The molecule has 6 aromatic rings. The Kier molecular flexibility index (Phi) is 13.2. The van der Waals surface area contributed by atoms with Crippen LogP contribution in [0.15, 0.2) is 158 Å². The van der Waals surface area contributed by atoms with Crippen LogP contribution in [0.4, 0.5) is 5.69 Å². The number of thiophene rings is 1. The van der Waals surface area contributed by atoms with Crippen molar-refractivity contribution in [2.75, 3.05) is 31.2 Å². The van der Waals surface area contributed by atoms with Gasteiger partial charge in [-0.05, 0) is 66.7 Å². The van der Waals surface area contributed by atoms with Gasteiger partial charge in [0.25, 0.3) is 16.6 Å². The molecule has 0 aliphatic heterocycles. The van der Waals surface area contributed by atoms with E-state index in [2.05, 4.69) is 204 Å². The Morgan fingerprint density at radius 1 is 0.500 bits per heavy atom. The molecule has 0 unspecified atom stereocenters. The van der Waals surface area contributed by atoms with Crippen LogP contribution < -0.4 is 25.6 Å². The molecule has 0 bridgehead atoms. The molecular formula is C49H55NO3SSi2. The molecule has 4 nitrogen and oxygen atoms in total. The van der Waals surface area contributed by atoms with E-state index in [-0.39, 0.29) is 10.1 Å². The molecule has 0 aliphatic rings. The van der Waals surface area contributed by atoms with Crippen LogP contribution in [0.25, 0.3) is 12.2 Å². The molecule has 56 heavy (non-hydrogen) atoms. The number of carbonyl (C=O) groups is 1. The largest absolute Gasteiger partial charge is 0.406 e. The third-order valence-electron chi connectivity index (χ3n) is 10.7. The second kappa shape index (κ2) is 18.1. The first-order valence-corrected chi connectivity index (χ1v) is 24.2. The first-order chi connectivity index (χ1) is 27.0. The molecule has 0 N–H and O–H groups in total. The van der Waals surface area contributed by atoms with E-state index in [1.807, 2.05) is 12.1 Å². The molecule has 1 heterocycles. The van der Waals surface area contributed by atoms with Gasteiger partial charge in [0, 0.05) is 23.7 Å². The van der Waals surface area contributed by atoms with Crippen molar-refractivity contribution in [3.8, 4) is 0 Å². The summed E-state index contributed by atoms with van der Waals surface area (Å²) in [5.41, 5.74) is 2.22. The minimum Gasteiger partial charge on any atom is -0.406 e. The Morgan fingerprint density at radius 3 is 1.21 bits per heavy atom. The molecule has 0 fully saturated rings. The van der Waals surface area contributed by atoms with Crippen molar-refractivity contribution < 1.29 is 13.6 Å². The number of hydrogen-bond acceptors (Lipinski definition) is 5. The highest BCUT2D eigenvalue weighted by atomic mass is 32.1. The molecule has 7 heteroatoms. The average molecular weight is 794 g/mol. The molecule has 0 radical (unpaired) electrons. The van der Waals surface area contributed by atoms with Crippen molar-refractivity contribution in [2.24, 2.45) is 0 Å². The van der Waals surface area contributed by atoms with E-state index in [9.17, 15) is 4.79 Å². The Labute approximate surface area is 340 Å². The topological polar surface area (TPSA) is 38.8 Å². The lowest BCUT2D eigenvalue weighted by Crippen LogP contribution is -2.67.